The summed E-state index contributed by atoms with van der Waals surface area (Å²) in [4.78, 5) is 19.1. The minimum Gasteiger partial charge on any atom is -0.493 e. The van der Waals surface area contributed by atoms with Crippen molar-refractivity contribution in [2.75, 3.05) is 26.7 Å². The smallest absolute Gasteiger partial charge is 0.225 e. The van der Waals surface area contributed by atoms with Crippen molar-refractivity contribution in [3.8, 4) is 5.75 Å². The molecule has 2 aliphatic rings. The van der Waals surface area contributed by atoms with Gasteiger partial charge in [-0.1, -0.05) is 36.9 Å². The first-order valence-corrected chi connectivity index (χ1v) is 11.2. The van der Waals surface area contributed by atoms with Crippen LogP contribution in [0.25, 0.3) is 0 Å². The van der Waals surface area contributed by atoms with Gasteiger partial charge in [0.15, 0.2) is 5.96 Å². The molecule has 1 aromatic rings. The van der Waals surface area contributed by atoms with E-state index in [9.17, 15) is 4.79 Å². The maximum Gasteiger partial charge on any atom is 0.225 e. The van der Waals surface area contributed by atoms with E-state index in [1.54, 1.807) is 7.05 Å². The van der Waals surface area contributed by atoms with Crippen LogP contribution in [-0.4, -0.2) is 49.6 Å². The second-order valence-corrected chi connectivity index (χ2v) is 8.30. The zero-order valence-corrected chi connectivity index (χ0v) is 21.0. The van der Waals surface area contributed by atoms with E-state index in [1.165, 1.54) is 19.3 Å². The highest BCUT2D eigenvalue weighted by molar-refractivity contribution is 14.0. The first kappa shape index (κ1) is 25.0. The number of aliphatic imine (C=N–C) groups is 1. The van der Waals surface area contributed by atoms with E-state index in [-0.39, 0.29) is 35.9 Å². The quantitative estimate of drug-likeness (QED) is 0.318. The Balaban J connectivity index is 0.00000320. The van der Waals surface area contributed by atoms with E-state index in [4.69, 9.17) is 16.3 Å². The van der Waals surface area contributed by atoms with Gasteiger partial charge in [0, 0.05) is 49.2 Å². The molecule has 6 nitrogen and oxygen atoms in total. The van der Waals surface area contributed by atoms with E-state index < -0.39 is 0 Å². The number of halogens is 2. The summed E-state index contributed by atoms with van der Waals surface area (Å²) in [5.74, 6) is 2.11. The minimum absolute atomic E-state index is 0. The van der Waals surface area contributed by atoms with Gasteiger partial charge < -0.3 is 20.3 Å². The van der Waals surface area contributed by atoms with Crippen molar-refractivity contribution in [2.45, 2.75) is 58.0 Å². The lowest BCUT2D eigenvalue weighted by atomic mass is 9.88. The number of ether oxygens (including phenoxy) is 1. The summed E-state index contributed by atoms with van der Waals surface area (Å²) in [6.45, 7) is 4.72. The van der Waals surface area contributed by atoms with Crippen LogP contribution >= 0.6 is 35.6 Å². The van der Waals surface area contributed by atoms with Crippen LogP contribution in [0.4, 0.5) is 0 Å². The van der Waals surface area contributed by atoms with Gasteiger partial charge in [0.2, 0.25) is 5.91 Å². The topological polar surface area (TPSA) is 66.0 Å². The third kappa shape index (κ3) is 6.90. The lowest BCUT2D eigenvalue weighted by molar-refractivity contribution is -0.135. The first-order chi connectivity index (χ1) is 14.1. The molecule has 2 N–H and O–H groups in total. The van der Waals surface area contributed by atoms with Crippen LogP contribution in [0.15, 0.2) is 23.2 Å². The highest BCUT2D eigenvalue weighted by atomic mass is 127. The SMILES string of the molecule is CCOc1cc(Cl)ccc1CNC(=NC)NC1CCN(C(=O)C2CCCCC2)C1.I. The molecule has 2 fully saturated rings. The molecule has 3 rings (SSSR count). The Bertz CT molecular complexity index is 725. The molecular formula is C22H34ClIN4O2. The molecule has 8 heteroatoms. The van der Waals surface area contributed by atoms with Gasteiger partial charge in [0.05, 0.1) is 6.61 Å². The van der Waals surface area contributed by atoms with E-state index in [0.29, 0.717) is 24.1 Å². The molecule has 1 atom stereocenters. The molecule has 1 unspecified atom stereocenters. The summed E-state index contributed by atoms with van der Waals surface area (Å²) in [5, 5.41) is 7.48. The third-order valence-electron chi connectivity index (χ3n) is 5.79. The average Bonchev–Trinajstić information content (AvgIpc) is 3.21. The minimum atomic E-state index is 0. The van der Waals surface area contributed by atoms with E-state index in [0.717, 1.165) is 49.6 Å². The van der Waals surface area contributed by atoms with Gasteiger partial charge in [0.25, 0.3) is 0 Å². The summed E-state index contributed by atoms with van der Waals surface area (Å²) in [7, 11) is 1.76. The number of amides is 1. The summed E-state index contributed by atoms with van der Waals surface area (Å²) in [6, 6.07) is 5.89. The van der Waals surface area contributed by atoms with Crippen molar-refractivity contribution in [3.05, 3.63) is 28.8 Å². The number of guanidine groups is 1. The molecule has 1 aliphatic heterocycles. The normalized spacial score (nSPS) is 19.9. The Hall–Kier alpha value is -1.22. The number of likely N-dealkylation sites (tertiary alicyclic amines) is 1. The second kappa shape index (κ2) is 12.6. The summed E-state index contributed by atoms with van der Waals surface area (Å²) in [5.41, 5.74) is 1.03. The van der Waals surface area contributed by atoms with Gasteiger partial charge in [-0.25, -0.2) is 0 Å². The first-order valence-electron chi connectivity index (χ1n) is 10.8. The molecule has 168 valence electrons. The fraction of sp³-hybridized carbons (Fsp3) is 0.636. The maximum absolute atomic E-state index is 12.8. The number of carbonyl (C=O) groups is 1. The van der Waals surface area contributed by atoms with Crippen LogP contribution in [0.1, 0.15) is 51.0 Å². The summed E-state index contributed by atoms with van der Waals surface area (Å²) < 4.78 is 5.69. The molecule has 0 bridgehead atoms. The lowest BCUT2D eigenvalue weighted by Crippen LogP contribution is -2.45. The standard InChI is InChI=1S/C22H33ClN4O2.HI/c1-3-29-20-13-18(23)10-9-17(20)14-25-22(24-2)26-19-11-12-27(15-19)21(28)16-7-5-4-6-8-16;/h9-10,13,16,19H,3-8,11-12,14-15H2,1-2H3,(H2,24,25,26);1H. The zero-order valence-electron chi connectivity index (χ0n) is 18.0. The second-order valence-electron chi connectivity index (χ2n) is 7.86. The van der Waals surface area contributed by atoms with E-state index in [2.05, 4.69) is 15.6 Å². The van der Waals surface area contributed by atoms with E-state index >= 15 is 0 Å². The molecule has 1 aliphatic carbocycles. The fourth-order valence-electron chi connectivity index (χ4n) is 4.22. The summed E-state index contributed by atoms with van der Waals surface area (Å²) >= 11 is 6.08. The molecule has 1 heterocycles. The van der Waals surface area contributed by atoms with Gasteiger partial charge >= 0.3 is 0 Å². The Morgan fingerprint density at radius 2 is 2.03 bits per heavy atom. The van der Waals surface area contributed by atoms with Crippen molar-refractivity contribution in [3.63, 3.8) is 0 Å². The van der Waals surface area contributed by atoms with Crippen LogP contribution in [0.2, 0.25) is 5.02 Å². The monoisotopic (exact) mass is 548 g/mol. The largest absolute Gasteiger partial charge is 0.493 e. The highest BCUT2D eigenvalue weighted by Crippen LogP contribution is 2.27. The zero-order chi connectivity index (χ0) is 20.6. The average molecular weight is 549 g/mol. The number of hydrogen-bond acceptors (Lipinski definition) is 3. The fourth-order valence-corrected chi connectivity index (χ4v) is 4.38. The van der Waals surface area contributed by atoms with Crippen molar-refractivity contribution in [1.29, 1.82) is 0 Å². The van der Waals surface area contributed by atoms with Gasteiger partial charge in [-0.2, -0.15) is 0 Å². The molecule has 30 heavy (non-hydrogen) atoms. The van der Waals surface area contributed by atoms with Crippen LogP contribution in [0, 0.1) is 5.92 Å². The molecule has 1 amide bonds. The van der Waals surface area contributed by atoms with E-state index in [1.807, 2.05) is 30.0 Å². The summed E-state index contributed by atoms with van der Waals surface area (Å²) in [6.07, 6.45) is 6.71. The Morgan fingerprint density at radius 3 is 2.73 bits per heavy atom. The Kier molecular flexibility index (Phi) is 10.5. The Morgan fingerprint density at radius 1 is 1.27 bits per heavy atom. The molecule has 1 aromatic carbocycles. The van der Waals surface area contributed by atoms with Crippen LogP contribution in [-0.2, 0) is 11.3 Å². The number of carbonyl (C=O) groups excluding carboxylic acids is 1. The third-order valence-corrected chi connectivity index (χ3v) is 6.03. The molecule has 1 saturated heterocycles. The molecule has 0 spiro atoms. The van der Waals surface area contributed by atoms with Gasteiger partial charge in [-0.05, 0) is 38.3 Å². The number of benzene rings is 1. The van der Waals surface area contributed by atoms with Crippen LogP contribution in [0.5, 0.6) is 5.75 Å². The van der Waals surface area contributed by atoms with Crippen molar-refractivity contribution >= 4 is 47.4 Å². The van der Waals surface area contributed by atoms with Crippen LogP contribution in [0.3, 0.4) is 0 Å². The number of rotatable bonds is 6. The number of hydrogen-bond donors (Lipinski definition) is 2. The Labute approximate surface area is 202 Å². The molecule has 0 radical (unpaired) electrons. The number of nitrogens with one attached hydrogen (secondary N) is 2. The van der Waals surface area contributed by atoms with Gasteiger partial charge in [-0.3, -0.25) is 9.79 Å². The van der Waals surface area contributed by atoms with Crippen molar-refractivity contribution in [1.82, 2.24) is 15.5 Å². The molecule has 1 saturated carbocycles. The number of nitrogens with zero attached hydrogens (tertiary/aromatic N) is 2. The lowest BCUT2D eigenvalue weighted by Gasteiger charge is -2.26. The molecule has 0 aromatic heterocycles. The van der Waals surface area contributed by atoms with Gasteiger partial charge in [-0.15, -0.1) is 24.0 Å². The van der Waals surface area contributed by atoms with Crippen molar-refractivity contribution < 1.29 is 9.53 Å². The highest BCUT2D eigenvalue weighted by Gasteiger charge is 2.31. The van der Waals surface area contributed by atoms with Crippen LogP contribution < -0.4 is 15.4 Å². The molecular weight excluding hydrogens is 515 g/mol. The predicted octanol–water partition coefficient (Wildman–Crippen LogP) is 4.20. The van der Waals surface area contributed by atoms with Gasteiger partial charge in [0.1, 0.15) is 5.75 Å². The van der Waals surface area contributed by atoms with Crippen molar-refractivity contribution in [2.24, 2.45) is 10.9 Å². The maximum atomic E-state index is 12.8. The predicted molar refractivity (Wildman–Crippen MR) is 133 cm³/mol.